The van der Waals surface area contributed by atoms with Crippen LogP contribution in [0.3, 0.4) is 0 Å². The van der Waals surface area contributed by atoms with Crippen LogP contribution in [-0.4, -0.2) is 27.0 Å². The Labute approximate surface area is 113 Å². The minimum atomic E-state index is -1.13. The Morgan fingerprint density at radius 2 is 1.75 bits per heavy atom. The van der Waals surface area contributed by atoms with Crippen molar-refractivity contribution in [3.05, 3.63) is 53.9 Å². The van der Waals surface area contributed by atoms with Crippen LogP contribution in [0.1, 0.15) is 16.2 Å². The molecule has 2 aromatic rings. The molecule has 0 fully saturated rings. The smallest absolute Gasteiger partial charge is 0.338 e. The lowest BCUT2D eigenvalue weighted by Gasteiger charge is -2.04. The van der Waals surface area contributed by atoms with Crippen molar-refractivity contribution in [1.29, 1.82) is 0 Å². The number of aromatic carboxylic acids is 1. The van der Waals surface area contributed by atoms with E-state index >= 15 is 0 Å². The maximum atomic E-state index is 12.7. The van der Waals surface area contributed by atoms with Gasteiger partial charge >= 0.3 is 5.97 Å². The van der Waals surface area contributed by atoms with Gasteiger partial charge in [-0.05, 0) is 24.3 Å². The molecule has 0 saturated heterocycles. The van der Waals surface area contributed by atoms with Crippen molar-refractivity contribution in [2.24, 2.45) is 0 Å². The van der Waals surface area contributed by atoms with Gasteiger partial charge in [0.05, 0.1) is 12.0 Å². The van der Waals surface area contributed by atoms with E-state index in [0.29, 0.717) is 5.69 Å². The molecule has 2 N–H and O–H groups in total. The zero-order chi connectivity index (χ0) is 14.5. The first-order valence-corrected chi connectivity index (χ1v) is 5.64. The summed E-state index contributed by atoms with van der Waals surface area (Å²) in [5.41, 5.74) is 0.409. The van der Waals surface area contributed by atoms with E-state index in [1.54, 1.807) is 0 Å². The Kier molecular flexibility index (Phi) is 3.99. The summed E-state index contributed by atoms with van der Waals surface area (Å²) in [4.78, 5) is 29.9. The number of nitrogens with one attached hydrogen (secondary N) is 1. The first-order chi connectivity index (χ1) is 9.54. The normalized spacial score (nSPS) is 10.1. The maximum Gasteiger partial charge on any atom is 0.338 e. The minimum Gasteiger partial charge on any atom is -0.478 e. The van der Waals surface area contributed by atoms with Crippen LogP contribution in [0, 0.1) is 5.82 Å². The number of aromatic nitrogens is 2. The SMILES string of the molecule is O=C(Cc1ncc(C(=O)O)cn1)Nc1ccc(F)cc1. The molecule has 7 heteroatoms. The van der Waals surface area contributed by atoms with E-state index in [9.17, 15) is 14.0 Å². The van der Waals surface area contributed by atoms with Crippen LogP contribution < -0.4 is 5.32 Å². The van der Waals surface area contributed by atoms with Crippen molar-refractivity contribution in [1.82, 2.24) is 9.97 Å². The van der Waals surface area contributed by atoms with Gasteiger partial charge in [0.2, 0.25) is 5.91 Å². The van der Waals surface area contributed by atoms with Gasteiger partial charge in [0, 0.05) is 18.1 Å². The first-order valence-electron chi connectivity index (χ1n) is 5.64. The lowest BCUT2D eigenvalue weighted by atomic mass is 10.3. The first kappa shape index (κ1) is 13.6. The number of carbonyl (C=O) groups is 2. The van der Waals surface area contributed by atoms with Gasteiger partial charge in [-0.25, -0.2) is 19.2 Å². The number of rotatable bonds is 4. The van der Waals surface area contributed by atoms with Crippen LogP contribution in [0.15, 0.2) is 36.7 Å². The molecule has 0 aliphatic heterocycles. The molecule has 1 amide bonds. The van der Waals surface area contributed by atoms with E-state index in [1.807, 2.05) is 0 Å². The van der Waals surface area contributed by atoms with Gasteiger partial charge in [0.25, 0.3) is 0 Å². The van der Waals surface area contributed by atoms with Gasteiger partial charge in [0.15, 0.2) is 0 Å². The molecule has 0 spiro atoms. The number of hydrogen-bond acceptors (Lipinski definition) is 4. The average molecular weight is 275 g/mol. The number of amides is 1. The van der Waals surface area contributed by atoms with E-state index < -0.39 is 11.8 Å². The standard InChI is InChI=1S/C13H10FN3O3/c14-9-1-3-10(4-2-9)17-12(18)5-11-15-6-8(7-16-11)13(19)20/h1-4,6-7H,5H2,(H,17,18)(H,19,20). The van der Waals surface area contributed by atoms with Crippen LogP contribution >= 0.6 is 0 Å². The number of carboxylic acids is 1. The molecule has 0 unspecified atom stereocenters. The number of hydrogen-bond donors (Lipinski definition) is 2. The Balaban J connectivity index is 1.97. The van der Waals surface area contributed by atoms with E-state index in [1.165, 1.54) is 24.3 Å². The fourth-order valence-corrected chi connectivity index (χ4v) is 1.44. The molecule has 6 nitrogen and oxygen atoms in total. The second-order valence-electron chi connectivity index (χ2n) is 3.92. The van der Waals surface area contributed by atoms with Crippen molar-refractivity contribution >= 4 is 17.6 Å². The van der Waals surface area contributed by atoms with E-state index in [0.717, 1.165) is 12.4 Å². The second kappa shape index (κ2) is 5.87. The van der Waals surface area contributed by atoms with Crippen LogP contribution in [0.5, 0.6) is 0 Å². The fraction of sp³-hybridized carbons (Fsp3) is 0.0769. The highest BCUT2D eigenvalue weighted by Crippen LogP contribution is 2.08. The lowest BCUT2D eigenvalue weighted by molar-refractivity contribution is -0.115. The van der Waals surface area contributed by atoms with Crippen LogP contribution in [-0.2, 0) is 11.2 Å². The lowest BCUT2D eigenvalue weighted by Crippen LogP contribution is -2.16. The zero-order valence-electron chi connectivity index (χ0n) is 10.2. The van der Waals surface area contributed by atoms with Crippen molar-refractivity contribution in [3.8, 4) is 0 Å². The van der Waals surface area contributed by atoms with Crippen LogP contribution in [0.25, 0.3) is 0 Å². The Hall–Kier alpha value is -2.83. The van der Waals surface area contributed by atoms with Gasteiger partial charge in [-0.2, -0.15) is 0 Å². The zero-order valence-corrected chi connectivity index (χ0v) is 10.2. The molecule has 0 aliphatic carbocycles. The molecule has 0 saturated carbocycles. The number of benzene rings is 1. The monoisotopic (exact) mass is 275 g/mol. The summed E-state index contributed by atoms with van der Waals surface area (Å²) in [5, 5.41) is 11.2. The van der Waals surface area contributed by atoms with Gasteiger partial charge in [-0.3, -0.25) is 4.79 Å². The molecule has 1 heterocycles. The topological polar surface area (TPSA) is 92.2 Å². The predicted octanol–water partition coefficient (Wildman–Crippen LogP) is 1.50. The molecule has 0 aliphatic rings. The molecule has 0 bridgehead atoms. The third-order valence-corrected chi connectivity index (χ3v) is 2.40. The number of carboxylic acid groups (broad SMARTS) is 1. The van der Waals surface area contributed by atoms with Gasteiger partial charge < -0.3 is 10.4 Å². The number of anilines is 1. The molecule has 20 heavy (non-hydrogen) atoms. The second-order valence-corrected chi connectivity index (χ2v) is 3.92. The molecule has 2 rings (SSSR count). The molecule has 1 aromatic carbocycles. The molecule has 0 atom stereocenters. The average Bonchev–Trinajstić information content (AvgIpc) is 2.42. The molecule has 0 radical (unpaired) electrons. The fourth-order valence-electron chi connectivity index (χ4n) is 1.44. The summed E-state index contributed by atoms with van der Waals surface area (Å²) in [5.74, 6) is -1.70. The van der Waals surface area contributed by atoms with Gasteiger partial charge in [-0.15, -0.1) is 0 Å². The van der Waals surface area contributed by atoms with Crippen molar-refractivity contribution in [3.63, 3.8) is 0 Å². The van der Waals surface area contributed by atoms with Crippen molar-refractivity contribution in [2.75, 3.05) is 5.32 Å². The summed E-state index contributed by atoms with van der Waals surface area (Å²) in [6.07, 6.45) is 2.17. The number of carbonyl (C=O) groups excluding carboxylic acids is 1. The molecule has 1 aromatic heterocycles. The van der Waals surface area contributed by atoms with E-state index in [-0.39, 0.29) is 23.7 Å². The van der Waals surface area contributed by atoms with Crippen LogP contribution in [0.4, 0.5) is 10.1 Å². The molecular weight excluding hydrogens is 265 g/mol. The van der Waals surface area contributed by atoms with Crippen molar-refractivity contribution in [2.45, 2.75) is 6.42 Å². The quantitative estimate of drug-likeness (QED) is 0.882. The van der Waals surface area contributed by atoms with E-state index in [2.05, 4.69) is 15.3 Å². The number of halogens is 1. The van der Waals surface area contributed by atoms with Gasteiger partial charge in [-0.1, -0.05) is 0 Å². The summed E-state index contributed by atoms with van der Waals surface area (Å²) < 4.78 is 12.7. The highest BCUT2D eigenvalue weighted by atomic mass is 19.1. The molecule has 102 valence electrons. The summed E-state index contributed by atoms with van der Waals surface area (Å²) in [6, 6.07) is 5.32. The maximum absolute atomic E-state index is 12.7. The van der Waals surface area contributed by atoms with Crippen molar-refractivity contribution < 1.29 is 19.1 Å². The third-order valence-electron chi connectivity index (χ3n) is 2.40. The van der Waals surface area contributed by atoms with Gasteiger partial charge in [0.1, 0.15) is 11.6 Å². The summed E-state index contributed by atoms with van der Waals surface area (Å²) in [6.45, 7) is 0. The predicted molar refractivity (Wildman–Crippen MR) is 67.7 cm³/mol. The summed E-state index contributed by atoms with van der Waals surface area (Å²) in [7, 11) is 0. The number of nitrogens with zero attached hydrogens (tertiary/aromatic N) is 2. The Morgan fingerprint density at radius 3 is 2.30 bits per heavy atom. The van der Waals surface area contributed by atoms with E-state index in [4.69, 9.17) is 5.11 Å². The minimum absolute atomic E-state index is 0.0484. The molecular formula is C13H10FN3O3. The highest BCUT2D eigenvalue weighted by molar-refractivity contribution is 5.92. The third kappa shape index (κ3) is 3.58. The summed E-state index contributed by atoms with van der Waals surface area (Å²) >= 11 is 0. The highest BCUT2D eigenvalue weighted by Gasteiger charge is 2.08. The largest absolute Gasteiger partial charge is 0.478 e. The van der Waals surface area contributed by atoms with Crippen LogP contribution in [0.2, 0.25) is 0 Å². The Bertz CT molecular complexity index is 626. The Morgan fingerprint density at radius 1 is 1.15 bits per heavy atom.